The lowest BCUT2D eigenvalue weighted by atomic mass is 9.69. The summed E-state index contributed by atoms with van der Waals surface area (Å²) in [5, 5.41) is 5.04. The van der Waals surface area contributed by atoms with Crippen molar-refractivity contribution in [1.29, 1.82) is 0 Å². The minimum atomic E-state index is -0.325. The molecule has 0 N–H and O–H groups in total. The number of carbonyl (C=O) groups is 3. The van der Waals surface area contributed by atoms with Gasteiger partial charge in [0, 0.05) is 25.6 Å². The van der Waals surface area contributed by atoms with Crippen LogP contribution in [0.1, 0.15) is 61.0 Å². The van der Waals surface area contributed by atoms with Crippen LogP contribution in [-0.2, 0) is 16.1 Å². The average molecular weight is 457 g/mol. The van der Waals surface area contributed by atoms with Gasteiger partial charge in [-0.3, -0.25) is 14.4 Å². The molecule has 7 nitrogen and oxygen atoms in total. The summed E-state index contributed by atoms with van der Waals surface area (Å²) in [5.41, 5.74) is 2.21. The lowest BCUT2D eigenvalue weighted by molar-refractivity contribution is -0.140. The van der Waals surface area contributed by atoms with Gasteiger partial charge in [0.2, 0.25) is 5.91 Å². The fourth-order valence-corrected chi connectivity index (χ4v) is 6.01. The Balaban J connectivity index is 1.14. The molecule has 1 aliphatic heterocycles. The maximum Gasteiger partial charge on any atom is 0.245 e. The van der Waals surface area contributed by atoms with Crippen LogP contribution in [0.3, 0.4) is 0 Å². The molecule has 1 amide bonds. The molecule has 0 spiro atoms. The van der Waals surface area contributed by atoms with Gasteiger partial charge >= 0.3 is 0 Å². The molecule has 3 fully saturated rings. The van der Waals surface area contributed by atoms with Crippen molar-refractivity contribution >= 4 is 28.5 Å². The molecule has 1 aromatic carbocycles. The predicted octanol–water partition coefficient (Wildman–Crippen LogP) is 3.78. The third-order valence-corrected chi connectivity index (χ3v) is 7.89. The zero-order valence-electron chi connectivity index (χ0n) is 19.3. The number of nitrogens with zero attached hydrogens (tertiary/aromatic N) is 4. The van der Waals surface area contributed by atoms with Crippen LogP contribution in [0, 0.1) is 11.8 Å². The van der Waals surface area contributed by atoms with Crippen molar-refractivity contribution < 1.29 is 14.4 Å². The SMILES string of the molecule is CC(=O)c1nn(CC(=O)N2[C@@H]3C[C@@H]3C[C@H]2C(=O)CC2CC(c3ccccc3)C2)c2ncccc12. The number of hydrogen-bond donors (Lipinski definition) is 0. The van der Waals surface area contributed by atoms with Gasteiger partial charge in [0.25, 0.3) is 0 Å². The van der Waals surface area contributed by atoms with Gasteiger partial charge in [-0.15, -0.1) is 0 Å². The maximum absolute atomic E-state index is 13.4. The Hall–Kier alpha value is -3.35. The monoisotopic (exact) mass is 456 g/mol. The molecule has 1 saturated heterocycles. The second-order valence-corrected chi connectivity index (χ2v) is 10.2. The summed E-state index contributed by atoms with van der Waals surface area (Å²) in [6.45, 7) is 1.46. The van der Waals surface area contributed by atoms with E-state index < -0.39 is 0 Å². The highest BCUT2D eigenvalue weighted by molar-refractivity contribution is 6.04. The first-order valence-electron chi connectivity index (χ1n) is 12.2. The molecule has 2 aliphatic carbocycles. The molecule has 3 aromatic rings. The molecule has 2 saturated carbocycles. The van der Waals surface area contributed by atoms with Crippen molar-refractivity contribution in [3.63, 3.8) is 0 Å². The van der Waals surface area contributed by atoms with E-state index in [1.807, 2.05) is 11.0 Å². The second kappa shape index (κ2) is 8.15. The van der Waals surface area contributed by atoms with Crippen molar-refractivity contribution in [3.8, 4) is 0 Å². The Kier molecular flexibility index (Phi) is 5.08. The van der Waals surface area contributed by atoms with Crippen LogP contribution in [0.2, 0.25) is 0 Å². The lowest BCUT2D eigenvalue weighted by Crippen LogP contribution is -2.45. The van der Waals surface area contributed by atoms with E-state index in [1.54, 1.807) is 18.3 Å². The molecule has 3 heterocycles. The number of piperidine rings is 1. The summed E-state index contributed by atoms with van der Waals surface area (Å²) in [6.07, 6.45) is 6.03. The Morgan fingerprint density at radius 3 is 2.56 bits per heavy atom. The quantitative estimate of drug-likeness (QED) is 0.505. The van der Waals surface area contributed by atoms with Crippen LogP contribution in [0.4, 0.5) is 0 Å². The molecule has 0 radical (unpaired) electrons. The molecule has 0 unspecified atom stereocenters. The second-order valence-electron chi connectivity index (χ2n) is 10.2. The van der Waals surface area contributed by atoms with Crippen molar-refractivity contribution in [2.75, 3.05) is 0 Å². The zero-order valence-corrected chi connectivity index (χ0v) is 19.3. The third kappa shape index (κ3) is 3.63. The van der Waals surface area contributed by atoms with Gasteiger partial charge < -0.3 is 4.90 Å². The molecule has 2 aromatic heterocycles. The van der Waals surface area contributed by atoms with Crippen molar-refractivity contribution in [3.05, 3.63) is 59.9 Å². The standard InChI is InChI=1S/C27H28N4O3/c1-16(32)26-21-8-5-9-28-27(21)30(29-26)15-25(34)31-22-13-20(22)14-23(31)24(33)12-17-10-19(11-17)18-6-3-2-4-7-18/h2-9,17,19-20,22-23H,10-15H2,1H3/t17?,19?,20-,22-,23+/m1/s1. The van der Waals surface area contributed by atoms with Crippen molar-refractivity contribution in [2.24, 2.45) is 11.8 Å². The molecular formula is C27H28N4O3. The van der Waals surface area contributed by atoms with Gasteiger partial charge in [-0.05, 0) is 61.1 Å². The average Bonchev–Trinajstić information content (AvgIpc) is 3.31. The number of likely N-dealkylation sites (tertiary alicyclic amines) is 1. The van der Waals surface area contributed by atoms with E-state index in [9.17, 15) is 14.4 Å². The Morgan fingerprint density at radius 2 is 1.79 bits per heavy atom. The van der Waals surface area contributed by atoms with Gasteiger partial charge in [0.05, 0.1) is 11.4 Å². The molecule has 6 rings (SSSR count). The Bertz CT molecular complexity index is 1280. The van der Waals surface area contributed by atoms with E-state index in [2.05, 4.69) is 34.3 Å². The minimum Gasteiger partial charge on any atom is -0.328 e. The highest BCUT2D eigenvalue weighted by atomic mass is 16.2. The van der Waals surface area contributed by atoms with Gasteiger partial charge in [-0.2, -0.15) is 5.10 Å². The fourth-order valence-electron chi connectivity index (χ4n) is 6.01. The summed E-state index contributed by atoms with van der Waals surface area (Å²) >= 11 is 0. The van der Waals surface area contributed by atoms with Crippen LogP contribution in [0.25, 0.3) is 11.0 Å². The number of pyridine rings is 1. The first-order valence-corrected chi connectivity index (χ1v) is 12.2. The minimum absolute atomic E-state index is 0.00664. The van der Waals surface area contributed by atoms with Crippen LogP contribution < -0.4 is 0 Å². The number of rotatable bonds is 7. The first-order chi connectivity index (χ1) is 16.5. The van der Waals surface area contributed by atoms with Crippen LogP contribution >= 0.6 is 0 Å². The van der Waals surface area contributed by atoms with Gasteiger partial charge in [0.1, 0.15) is 12.2 Å². The number of ketones is 2. The number of aromatic nitrogens is 3. The third-order valence-electron chi connectivity index (χ3n) is 7.89. The Morgan fingerprint density at radius 1 is 1.00 bits per heavy atom. The maximum atomic E-state index is 13.4. The van der Waals surface area contributed by atoms with Gasteiger partial charge in [0.15, 0.2) is 17.2 Å². The molecule has 34 heavy (non-hydrogen) atoms. The van der Waals surface area contributed by atoms with E-state index in [0.717, 1.165) is 25.7 Å². The predicted molar refractivity (Wildman–Crippen MR) is 126 cm³/mol. The lowest BCUT2D eigenvalue weighted by Gasteiger charge is -2.37. The largest absolute Gasteiger partial charge is 0.328 e. The zero-order chi connectivity index (χ0) is 23.4. The molecule has 3 aliphatic rings. The number of carbonyl (C=O) groups excluding carboxylic acids is 3. The summed E-state index contributed by atoms with van der Waals surface area (Å²) in [4.78, 5) is 44.8. The molecule has 174 valence electrons. The van der Waals surface area contributed by atoms with Gasteiger partial charge in [-0.1, -0.05) is 30.3 Å². The van der Waals surface area contributed by atoms with E-state index in [1.165, 1.54) is 17.2 Å². The van der Waals surface area contributed by atoms with Crippen molar-refractivity contribution in [2.45, 2.75) is 63.6 Å². The molecule has 0 bridgehead atoms. The normalized spacial score (nSPS) is 27.3. The van der Waals surface area contributed by atoms with Crippen molar-refractivity contribution in [1.82, 2.24) is 19.7 Å². The van der Waals surface area contributed by atoms with E-state index >= 15 is 0 Å². The topological polar surface area (TPSA) is 85.2 Å². The number of amides is 1. The smallest absolute Gasteiger partial charge is 0.245 e. The fraction of sp³-hybridized carbons (Fsp3) is 0.444. The highest BCUT2D eigenvalue weighted by Gasteiger charge is 2.56. The van der Waals surface area contributed by atoms with E-state index in [0.29, 0.717) is 40.9 Å². The number of benzene rings is 1. The van der Waals surface area contributed by atoms with Crippen LogP contribution in [0.15, 0.2) is 48.7 Å². The summed E-state index contributed by atoms with van der Waals surface area (Å²) in [6, 6.07) is 13.9. The summed E-state index contributed by atoms with van der Waals surface area (Å²) < 4.78 is 1.52. The molecule has 3 atom stereocenters. The molecular weight excluding hydrogens is 428 g/mol. The number of Topliss-reactive ketones (excluding diaryl/α,β-unsaturated/α-hetero) is 2. The van der Waals surface area contributed by atoms with Crippen LogP contribution in [-0.4, -0.2) is 49.2 Å². The van der Waals surface area contributed by atoms with Crippen LogP contribution in [0.5, 0.6) is 0 Å². The summed E-state index contributed by atoms with van der Waals surface area (Å²) in [7, 11) is 0. The molecule has 7 heteroatoms. The number of hydrogen-bond acceptors (Lipinski definition) is 5. The first kappa shape index (κ1) is 21.2. The van der Waals surface area contributed by atoms with E-state index in [-0.39, 0.29) is 36.1 Å². The number of fused-ring (bicyclic) bond motifs is 2. The van der Waals surface area contributed by atoms with Gasteiger partial charge in [-0.25, -0.2) is 9.67 Å². The van der Waals surface area contributed by atoms with E-state index in [4.69, 9.17) is 0 Å². The summed E-state index contributed by atoms with van der Waals surface area (Å²) in [5.74, 6) is 1.33. The highest BCUT2D eigenvalue weighted by Crippen LogP contribution is 2.50. The Labute approximate surface area is 198 Å².